The Morgan fingerprint density at radius 2 is 1.46 bits per heavy atom. The molecule has 5 rings (SSSR count). The van der Waals surface area contributed by atoms with E-state index < -0.39 is 5.92 Å². The number of nitrogens with zero attached hydrogens (tertiary/aromatic N) is 1. The number of halogens is 2. The number of benzene rings is 2. The van der Waals surface area contributed by atoms with Crippen molar-refractivity contribution in [3.8, 4) is 5.75 Å². The summed E-state index contributed by atoms with van der Waals surface area (Å²) in [5.41, 5.74) is 4.96. The Kier molecular flexibility index (Phi) is 8.44. The van der Waals surface area contributed by atoms with Crippen LogP contribution in [0, 0.1) is 10.8 Å². The van der Waals surface area contributed by atoms with Gasteiger partial charge in [0.1, 0.15) is 12.4 Å². The molecule has 0 saturated heterocycles. The van der Waals surface area contributed by atoms with Crippen molar-refractivity contribution in [2.24, 2.45) is 10.8 Å². The van der Waals surface area contributed by atoms with Gasteiger partial charge in [-0.05, 0) is 53.9 Å². The lowest BCUT2D eigenvalue weighted by Crippen LogP contribution is -2.44. The van der Waals surface area contributed by atoms with Crippen molar-refractivity contribution in [1.82, 2.24) is 4.90 Å². The van der Waals surface area contributed by atoms with E-state index in [1.807, 2.05) is 42.5 Å². The lowest BCUT2D eigenvalue weighted by atomic mass is 9.63. The van der Waals surface area contributed by atoms with Gasteiger partial charge in [-0.15, -0.1) is 0 Å². The molecule has 1 heterocycles. The predicted octanol–water partition coefficient (Wildman–Crippen LogP) is 8.29. The van der Waals surface area contributed by atoms with Crippen LogP contribution in [0.15, 0.2) is 65.0 Å². The van der Waals surface area contributed by atoms with Crippen molar-refractivity contribution in [2.75, 3.05) is 20.3 Å². The second-order valence-corrected chi connectivity index (χ2v) is 13.9. The van der Waals surface area contributed by atoms with Gasteiger partial charge in [-0.3, -0.25) is 9.59 Å². The minimum atomic E-state index is -0.444. The maximum atomic E-state index is 13.9. The summed E-state index contributed by atoms with van der Waals surface area (Å²) >= 11 is 13.1. The Bertz CT molecular complexity index is 1380. The average molecular weight is 597 g/mol. The minimum Gasteiger partial charge on any atom is -0.487 e. The number of carbonyl (C=O) groups excluding carboxylic acids is 2. The third kappa shape index (κ3) is 6.14. The summed E-state index contributed by atoms with van der Waals surface area (Å²) in [5.74, 6) is 0.304. The number of ether oxygens (including phenoxy) is 2. The highest BCUT2D eigenvalue weighted by molar-refractivity contribution is 6.32. The van der Waals surface area contributed by atoms with Crippen LogP contribution < -0.4 is 4.74 Å². The standard InChI is InChI=1S/C34H39Cl2NO4/c1-33(2)16-25-31(27(38)18-33)30(32-26(37(25)13-8-14-40-5)17-34(3,4)19-28(32)39)21-11-12-29(24(36)15-21)41-20-22-9-6-7-10-23(22)35/h6-7,9-12,15,30H,8,13-14,16-20H2,1-5H3. The molecule has 0 fully saturated rings. The molecule has 2 aromatic carbocycles. The zero-order chi connectivity index (χ0) is 29.5. The molecule has 0 spiro atoms. The van der Waals surface area contributed by atoms with Crippen LogP contribution >= 0.6 is 23.2 Å². The first-order valence-electron chi connectivity index (χ1n) is 14.4. The summed E-state index contributed by atoms with van der Waals surface area (Å²) in [4.78, 5) is 30.2. The van der Waals surface area contributed by atoms with Crippen LogP contribution in [0.3, 0.4) is 0 Å². The molecule has 0 bridgehead atoms. The topological polar surface area (TPSA) is 55.8 Å². The molecule has 0 aromatic heterocycles. The summed E-state index contributed by atoms with van der Waals surface area (Å²) in [6.07, 6.45) is 3.25. The fourth-order valence-corrected chi connectivity index (χ4v) is 7.04. The molecule has 0 N–H and O–H groups in total. The van der Waals surface area contributed by atoms with E-state index in [1.165, 1.54) is 0 Å². The highest BCUT2D eigenvalue weighted by Crippen LogP contribution is 2.54. The molecule has 2 aromatic rings. The molecule has 3 aliphatic rings. The lowest BCUT2D eigenvalue weighted by Gasteiger charge is -2.49. The Morgan fingerprint density at radius 1 is 0.854 bits per heavy atom. The van der Waals surface area contributed by atoms with E-state index in [1.54, 1.807) is 7.11 Å². The number of allylic oxidation sites excluding steroid dienone is 4. The van der Waals surface area contributed by atoms with Gasteiger partial charge in [0.25, 0.3) is 0 Å². The molecule has 0 atom stereocenters. The normalized spacial score (nSPS) is 20.3. The monoisotopic (exact) mass is 595 g/mol. The van der Waals surface area contributed by atoms with Gasteiger partial charge in [-0.1, -0.05) is 75.2 Å². The summed E-state index contributed by atoms with van der Waals surface area (Å²) in [6, 6.07) is 13.2. The summed E-state index contributed by atoms with van der Waals surface area (Å²) in [7, 11) is 1.70. The smallest absolute Gasteiger partial charge is 0.162 e. The second-order valence-electron chi connectivity index (χ2n) is 13.1. The van der Waals surface area contributed by atoms with E-state index >= 15 is 0 Å². The number of ketones is 2. The molecule has 0 saturated carbocycles. The number of Topliss-reactive ketones (excluding diaryl/α,β-unsaturated/α-hetero) is 2. The SMILES string of the molecule is COCCCN1C2=C(C(=O)CC(C)(C)C2)C(c2ccc(OCc3ccccc3Cl)c(Cl)c2)C2=C1CC(C)(C)CC2=O. The predicted molar refractivity (Wildman–Crippen MR) is 163 cm³/mol. The van der Waals surface area contributed by atoms with Crippen molar-refractivity contribution >= 4 is 34.8 Å². The van der Waals surface area contributed by atoms with Crippen molar-refractivity contribution in [3.05, 3.63) is 86.2 Å². The largest absolute Gasteiger partial charge is 0.487 e. The Hall–Kier alpha value is -2.60. The fourth-order valence-electron chi connectivity index (χ4n) is 6.60. The summed E-state index contributed by atoms with van der Waals surface area (Å²) in [6.45, 7) is 10.2. The number of carbonyl (C=O) groups is 2. The summed E-state index contributed by atoms with van der Waals surface area (Å²) < 4.78 is 11.4. The average Bonchev–Trinajstić information content (AvgIpc) is 2.88. The van der Waals surface area contributed by atoms with Gasteiger partial charge in [0.2, 0.25) is 0 Å². The molecular formula is C34H39Cl2NO4. The van der Waals surface area contributed by atoms with Gasteiger partial charge in [0.15, 0.2) is 11.6 Å². The molecule has 2 aliphatic carbocycles. The van der Waals surface area contributed by atoms with E-state index in [9.17, 15) is 9.59 Å². The van der Waals surface area contributed by atoms with E-state index in [2.05, 4.69) is 32.6 Å². The van der Waals surface area contributed by atoms with Crippen LogP contribution in [0.2, 0.25) is 10.0 Å². The maximum Gasteiger partial charge on any atom is 0.162 e. The molecule has 5 nitrogen and oxygen atoms in total. The molecule has 41 heavy (non-hydrogen) atoms. The highest BCUT2D eigenvalue weighted by atomic mass is 35.5. The zero-order valence-electron chi connectivity index (χ0n) is 24.6. The molecule has 0 unspecified atom stereocenters. The molecule has 0 radical (unpaired) electrons. The second kappa shape index (κ2) is 11.6. The number of hydrogen-bond acceptors (Lipinski definition) is 5. The van der Waals surface area contributed by atoms with Crippen LogP contribution in [0.4, 0.5) is 0 Å². The van der Waals surface area contributed by atoms with Crippen LogP contribution in [0.1, 0.15) is 76.8 Å². The van der Waals surface area contributed by atoms with E-state index in [0.29, 0.717) is 41.8 Å². The van der Waals surface area contributed by atoms with Crippen molar-refractivity contribution in [2.45, 2.75) is 72.3 Å². The lowest BCUT2D eigenvalue weighted by molar-refractivity contribution is -0.119. The summed E-state index contributed by atoms with van der Waals surface area (Å²) in [5, 5.41) is 1.07. The number of methoxy groups -OCH3 is 1. The van der Waals surface area contributed by atoms with Gasteiger partial charge < -0.3 is 14.4 Å². The van der Waals surface area contributed by atoms with Crippen molar-refractivity contribution < 1.29 is 19.1 Å². The third-order valence-corrected chi connectivity index (χ3v) is 9.05. The van der Waals surface area contributed by atoms with Gasteiger partial charge >= 0.3 is 0 Å². The van der Waals surface area contributed by atoms with Gasteiger partial charge in [-0.25, -0.2) is 0 Å². The fraction of sp³-hybridized carbons (Fsp3) is 0.471. The third-order valence-electron chi connectivity index (χ3n) is 8.38. The maximum absolute atomic E-state index is 13.9. The molecule has 1 aliphatic heterocycles. The first-order valence-corrected chi connectivity index (χ1v) is 15.1. The van der Waals surface area contributed by atoms with Crippen molar-refractivity contribution in [3.63, 3.8) is 0 Å². The molecule has 218 valence electrons. The minimum absolute atomic E-state index is 0.109. The van der Waals surface area contributed by atoms with Crippen molar-refractivity contribution in [1.29, 1.82) is 0 Å². The Labute approximate surface area is 253 Å². The highest BCUT2D eigenvalue weighted by Gasteiger charge is 2.48. The quantitative estimate of drug-likeness (QED) is 0.287. The van der Waals surface area contributed by atoms with Crippen LogP contribution in [-0.4, -0.2) is 36.7 Å². The van der Waals surface area contributed by atoms with Crippen LogP contribution in [0.25, 0.3) is 0 Å². The van der Waals surface area contributed by atoms with E-state index in [0.717, 1.165) is 52.9 Å². The van der Waals surface area contributed by atoms with Crippen LogP contribution in [0.5, 0.6) is 5.75 Å². The number of hydrogen-bond donors (Lipinski definition) is 0. The Balaban J connectivity index is 1.59. The first-order chi connectivity index (χ1) is 19.4. The molecule has 0 amide bonds. The van der Waals surface area contributed by atoms with Gasteiger partial charge in [0.05, 0.1) is 5.02 Å². The van der Waals surface area contributed by atoms with E-state index in [4.69, 9.17) is 32.7 Å². The number of rotatable bonds is 8. The molecule has 7 heteroatoms. The van der Waals surface area contributed by atoms with Gasteiger partial charge in [0, 0.05) is 72.1 Å². The van der Waals surface area contributed by atoms with E-state index in [-0.39, 0.29) is 29.0 Å². The van der Waals surface area contributed by atoms with Gasteiger partial charge in [-0.2, -0.15) is 0 Å². The zero-order valence-corrected chi connectivity index (χ0v) is 26.1. The first kappa shape index (κ1) is 29.9. The van der Waals surface area contributed by atoms with Crippen LogP contribution in [-0.2, 0) is 20.9 Å². The Morgan fingerprint density at radius 3 is 2.02 bits per heavy atom. The molecular weight excluding hydrogens is 557 g/mol.